The van der Waals surface area contributed by atoms with Gasteiger partial charge in [-0.2, -0.15) is 0 Å². The lowest BCUT2D eigenvalue weighted by Gasteiger charge is -2.12. The monoisotopic (exact) mass is 179 g/mol. The predicted octanol–water partition coefficient (Wildman–Crippen LogP) is 2.71. The van der Waals surface area contributed by atoms with Crippen molar-refractivity contribution < 1.29 is 0 Å². The average Bonchev–Trinajstić information content (AvgIpc) is 2.08. The molecule has 0 rings (SSSR count). The van der Waals surface area contributed by atoms with Gasteiger partial charge in [0.25, 0.3) is 0 Å². The molecule has 0 fully saturated rings. The maximum Gasteiger partial charge on any atom is 0.0599 e. The van der Waals surface area contributed by atoms with Gasteiger partial charge in [-0.15, -0.1) is 6.42 Å². The van der Waals surface area contributed by atoms with Crippen LogP contribution < -0.4 is 0 Å². The van der Waals surface area contributed by atoms with Crippen molar-refractivity contribution in [1.82, 2.24) is 4.90 Å². The van der Waals surface area contributed by atoms with E-state index in [1.807, 2.05) is 27.0 Å². The molecule has 13 heavy (non-hydrogen) atoms. The Labute approximate surface area is 83.1 Å². The summed E-state index contributed by atoms with van der Waals surface area (Å²) in [7, 11) is 2.00. The molecule has 0 bridgehead atoms. The molecule has 0 saturated heterocycles. The molecule has 1 nitrogen and oxygen atoms in total. The van der Waals surface area contributed by atoms with Gasteiger partial charge in [0.2, 0.25) is 0 Å². The number of nitrogens with zero attached hydrogens (tertiary/aromatic N) is 1. The highest BCUT2D eigenvalue weighted by molar-refractivity contribution is 5.09. The summed E-state index contributed by atoms with van der Waals surface area (Å²) < 4.78 is 0. The first-order valence-corrected chi connectivity index (χ1v) is 4.61. The summed E-state index contributed by atoms with van der Waals surface area (Å²) >= 11 is 0. The number of terminal acetylenes is 1. The van der Waals surface area contributed by atoms with E-state index >= 15 is 0 Å². The van der Waals surface area contributed by atoms with Gasteiger partial charge in [0, 0.05) is 6.54 Å². The second-order valence-electron chi connectivity index (χ2n) is 2.63. The Bertz CT molecular complexity index is 184. The minimum absolute atomic E-state index is 0.697. The number of rotatable bonds is 4. The summed E-state index contributed by atoms with van der Waals surface area (Å²) in [5.74, 6) is 2.59. The number of hydrogen-bond donors (Lipinski definition) is 0. The molecule has 1 heteroatoms. The van der Waals surface area contributed by atoms with Crippen LogP contribution in [0.3, 0.4) is 0 Å². The molecule has 0 unspecified atom stereocenters. The second-order valence-corrected chi connectivity index (χ2v) is 2.63. The molecular formula is C12H21N. The molecule has 0 atom stereocenters. The highest BCUT2D eigenvalue weighted by atomic mass is 15.1. The van der Waals surface area contributed by atoms with E-state index in [9.17, 15) is 0 Å². The molecule has 0 N–H and O–H groups in total. The van der Waals surface area contributed by atoms with E-state index < -0.39 is 0 Å². The Balaban J connectivity index is 0. The van der Waals surface area contributed by atoms with Gasteiger partial charge < -0.3 is 0 Å². The fourth-order valence-corrected chi connectivity index (χ4v) is 0.891. The first-order chi connectivity index (χ1) is 6.20. The van der Waals surface area contributed by atoms with Crippen LogP contribution in [0.15, 0.2) is 24.3 Å². The van der Waals surface area contributed by atoms with E-state index in [-0.39, 0.29) is 0 Å². The average molecular weight is 179 g/mol. The highest BCUT2D eigenvalue weighted by Crippen LogP contribution is 1.95. The standard InChI is InChI=1S/C10H15N.C2H6/c1-5-7-10(3)9-11(4)8-6-2;1-2/h2,5,7H,1,8-9H2,3-4H3;1-2H3/b10-7+;. The van der Waals surface area contributed by atoms with Crippen LogP contribution in [0.2, 0.25) is 0 Å². The lowest BCUT2D eigenvalue weighted by atomic mass is 10.2. The molecule has 0 radical (unpaired) electrons. The fourth-order valence-electron chi connectivity index (χ4n) is 0.891. The van der Waals surface area contributed by atoms with Crippen molar-refractivity contribution in [1.29, 1.82) is 0 Å². The number of allylic oxidation sites excluding steroid dienone is 2. The van der Waals surface area contributed by atoms with Crippen LogP contribution in [-0.2, 0) is 0 Å². The summed E-state index contributed by atoms with van der Waals surface area (Å²) in [5.41, 5.74) is 1.28. The predicted molar refractivity (Wildman–Crippen MR) is 61.6 cm³/mol. The quantitative estimate of drug-likeness (QED) is 0.474. The van der Waals surface area contributed by atoms with Gasteiger partial charge in [-0.25, -0.2) is 0 Å². The van der Waals surface area contributed by atoms with Gasteiger partial charge >= 0.3 is 0 Å². The molecule has 0 heterocycles. The van der Waals surface area contributed by atoms with Gasteiger partial charge in [0.1, 0.15) is 0 Å². The Morgan fingerprint density at radius 2 is 2.08 bits per heavy atom. The molecule has 0 aromatic rings. The largest absolute Gasteiger partial charge is 0.291 e. The normalized spacial score (nSPS) is 10.0. The zero-order chi connectivity index (χ0) is 10.7. The fraction of sp³-hybridized carbons (Fsp3) is 0.500. The lowest BCUT2D eigenvalue weighted by Crippen LogP contribution is -2.20. The van der Waals surface area contributed by atoms with Crippen LogP contribution in [0, 0.1) is 12.3 Å². The maximum absolute atomic E-state index is 5.15. The third-order valence-electron chi connectivity index (χ3n) is 1.28. The second kappa shape index (κ2) is 11.0. The van der Waals surface area contributed by atoms with Crippen LogP contribution in [0.5, 0.6) is 0 Å². The topological polar surface area (TPSA) is 3.24 Å². The van der Waals surface area contributed by atoms with E-state index in [4.69, 9.17) is 6.42 Å². The Hall–Kier alpha value is -1.00. The number of hydrogen-bond acceptors (Lipinski definition) is 1. The summed E-state index contributed by atoms with van der Waals surface area (Å²) in [6.45, 7) is 11.3. The maximum atomic E-state index is 5.15. The van der Waals surface area contributed by atoms with E-state index in [0.29, 0.717) is 6.54 Å². The van der Waals surface area contributed by atoms with Crippen molar-refractivity contribution in [3.8, 4) is 12.3 Å². The van der Waals surface area contributed by atoms with Gasteiger partial charge in [-0.1, -0.05) is 44.1 Å². The Morgan fingerprint density at radius 3 is 2.46 bits per heavy atom. The van der Waals surface area contributed by atoms with Crippen molar-refractivity contribution in [3.63, 3.8) is 0 Å². The van der Waals surface area contributed by atoms with E-state index in [0.717, 1.165) is 6.54 Å². The van der Waals surface area contributed by atoms with Crippen LogP contribution in [-0.4, -0.2) is 25.0 Å². The van der Waals surface area contributed by atoms with Crippen molar-refractivity contribution in [2.24, 2.45) is 0 Å². The van der Waals surface area contributed by atoms with Crippen molar-refractivity contribution in [2.45, 2.75) is 20.8 Å². The number of likely N-dealkylation sites (N-methyl/N-ethyl adjacent to an activating group) is 1. The van der Waals surface area contributed by atoms with Crippen LogP contribution in [0.4, 0.5) is 0 Å². The third kappa shape index (κ3) is 11.0. The van der Waals surface area contributed by atoms with Crippen LogP contribution in [0.25, 0.3) is 0 Å². The Kier molecular flexibility index (Phi) is 12.3. The zero-order valence-corrected chi connectivity index (χ0v) is 9.30. The summed E-state index contributed by atoms with van der Waals surface area (Å²) in [4.78, 5) is 2.08. The van der Waals surface area contributed by atoms with Crippen molar-refractivity contribution in [2.75, 3.05) is 20.1 Å². The van der Waals surface area contributed by atoms with Gasteiger partial charge in [0.05, 0.1) is 6.54 Å². The summed E-state index contributed by atoms with van der Waals surface area (Å²) in [6.07, 6.45) is 8.93. The van der Waals surface area contributed by atoms with Crippen LogP contribution >= 0.6 is 0 Å². The molecular weight excluding hydrogens is 158 g/mol. The third-order valence-corrected chi connectivity index (χ3v) is 1.28. The molecule has 74 valence electrons. The minimum atomic E-state index is 0.697. The first kappa shape index (κ1) is 14.5. The molecule has 0 spiro atoms. The van der Waals surface area contributed by atoms with Crippen molar-refractivity contribution in [3.05, 3.63) is 24.3 Å². The lowest BCUT2D eigenvalue weighted by molar-refractivity contribution is 0.409. The Morgan fingerprint density at radius 1 is 1.54 bits per heavy atom. The van der Waals surface area contributed by atoms with Gasteiger partial charge in [-0.3, -0.25) is 4.90 Å². The SMILES string of the molecule is C#CCN(C)C/C(C)=C/C=C.CC. The zero-order valence-electron chi connectivity index (χ0n) is 9.30. The van der Waals surface area contributed by atoms with Crippen molar-refractivity contribution >= 4 is 0 Å². The van der Waals surface area contributed by atoms with Crippen LogP contribution in [0.1, 0.15) is 20.8 Å². The summed E-state index contributed by atoms with van der Waals surface area (Å²) in [5, 5.41) is 0. The molecule has 0 aromatic carbocycles. The minimum Gasteiger partial charge on any atom is -0.291 e. The smallest absolute Gasteiger partial charge is 0.0599 e. The van der Waals surface area contributed by atoms with E-state index in [1.54, 1.807) is 6.08 Å². The molecule has 0 aliphatic rings. The highest BCUT2D eigenvalue weighted by Gasteiger charge is 1.94. The molecule has 0 aromatic heterocycles. The first-order valence-electron chi connectivity index (χ1n) is 4.61. The van der Waals surface area contributed by atoms with Gasteiger partial charge in [0.15, 0.2) is 0 Å². The van der Waals surface area contributed by atoms with E-state index in [1.165, 1.54) is 5.57 Å². The molecule has 0 amide bonds. The molecule has 0 aliphatic heterocycles. The van der Waals surface area contributed by atoms with Gasteiger partial charge in [-0.05, 0) is 14.0 Å². The summed E-state index contributed by atoms with van der Waals surface area (Å²) in [6, 6.07) is 0. The van der Waals surface area contributed by atoms with E-state index in [2.05, 4.69) is 24.3 Å². The molecule has 0 aliphatic carbocycles. The molecule has 0 saturated carbocycles.